The number of halogens is 1. The van der Waals surface area contributed by atoms with Crippen LogP contribution in [0.3, 0.4) is 0 Å². The van der Waals surface area contributed by atoms with Crippen LogP contribution in [-0.4, -0.2) is 25.2 Å². The number of carbonyl (C=O) groups excluding carboxylic acids is 1. The molecule has 2 rings (SSSR count). The molecule has 22 heavy (non-hydrogen) atoms. The molecule has 0 saturated heterocycles. The van der Waals surface area contributed by atoms with Gasteiger partial charge in [-0.05, 0) is 43.4 Å². The van der Waals surface area contributed by atoms with E-state index < -0.39 is 0 Å². The summed E-state index contributed by atoms with van der Waals surface area (Å²) in [4.78, 5) is 11.8. The van der Waals surface area contributed by atoms with Crippen molar-refractivity contribution in [1.82, 2.24) is 5.32 Å². The van der Waals surface area contributed by atoms with E-state index in [4.69, 9.17) is 16.3 Å². The molecular weight excluding hydrogens is 298 g/mol. The quantitative estimate of drug-likeness (QED) is 0.730. The molecule has 0 bridgehead atoms. The highest BCUT2D eigenvalue weighted by Crippen LogP contribution is 2.20. The number of aryl methyl sites for hydroxylation is 1. The Morgan fingerprint density at radius 1 is 1.18 bits per heavy atom. The third-order valence-corrected chi connectivity index (χ3v) is 4.36. The first-order valence-electron chi connectivity index (χ1n) is 8.37. The Balaban J connectivity index is 1.49. The second kappa shape index (κ2) is 9.86. The second-order valence-corrected chi connectivity index (χ2v) is 6.40. The molecule has 1 aliphatic carbocycles. The van der Waals surface area contributed by atoms with Crippen molar-refractivity contribution in [2.45, 2.75) is 57.5 Å². The van der Waals surface area contributed by atoms with Crippen LogP contribution >= 0.6 is 11.6 Å². The Morgan fingerprint density at radius 2 is 1.91 bits per heavy atom. The molecule has 0 aliphatic heterocycles. The number of ether oxygens (including phenoxy) is 1. The van der Waals surface area contributed by atoms with Gasteiger partial charge in [-0.3, -0.25) is 4.79 Å². The molecule has 1 amide bonds. The van der Waals surface area contributed by atoms with Crippen molar-refractivity contribution in [2.24, 2.45) is 0 Å². The summed E-state index contributed by atoms with van der Waals surface area (Å²) in [6.45, 7) is 1.45. The summed E-state index contributed by atoms with van der Waals surface area (Å²) in [6.07, 6.45) is 8.97. The van der Waals surface area contributed by atoms with Crippen LogP contribution in [0.25, 0.3) is 0 Å². The summed E-state index contributed by atoms with van der Waals surface area (Å²) >= 11 is 5.84. The smallest absolute Gasteiger partial charge is 0.220 e. The highest BCUT2D eigenvalue weighted by molar-refractivity contribution is 6.30. The zero-order valence-electron chi connectivity index (χ0n) is 13.2. The van der Waals surface area contributed by atoms with Crippen molar-refractivity contribution in [2.75, 3.05) is 13.2 Å². The lowest BCUT2D eigenvalue weighted by Gasteiger charge is -2.21. The zero-order chi connectivity index (χ0) is 15.6. The maximum absolute atomic E-state index is 11.8. The van der Waals surface area contributed by atoms with Gasteiger partial charge in [0.15, 0.2) is 0 Å². The van der Waals surface area contributed by atoms with Crippen molar-refractivity contribution in [3.8, 4) is 0 Å². The summed E-state index contributed by atoms with van der Waals surface area (Å²) in [5.74, 6) is 0.104. The van der Waals surface area contributed by atoms with E-state index in [0.717, 1.165) is 30.0 Å². The van der Waals surface area contributed by atoms with Gasteiger partial charge in [-0.2, -0.15) is 0 Å². The van der Waals surface area contributed by atoms with E-state index in [1.165, 1.54) is 32.1 Å². The molecule has 0 spiro atoms. The molecule has 4 heteroatoms. The van der Waals surface area contributed by atoms with Crippen molar-refractivity contribution < 1.29 is 9.53 Å². The standard InChI is InChI=1S/C18H26ClNO2/c19-16-10-7-15(8-11-16)9-12-18(21)20-13-4-14-22-17-5-2-1-3-6-17/h7-8,10-11,17H,1-6,9,12-14H2,(H,20,21). The van der Waals surface area contributed by atoms with Gasteiger partial charge in [0.1, 0.15) is 0 Å². The molecule has 0 aromatic heterocycles. The molecule has 0 unspecified atom stereocenters. The topological polar surface area (TPSA) is 38.3 Å². The van der Waals surface area contributed by atoms with Crippen LogP contribution in [0.5, 0.6) is 0 Å². The lowest BCUT2D eigenvalue weighted by molar-refractivity contribution is -0.121. The van der Waals surface area contributed by atoms with Crippen LogP contribution in [0, 0.1) is 0 Å². The second-order valence-electron chi connectivity index (χ2n) is 5.96. The normalized spacial score (nSPS) is 15.7. The SMILES string of the molecule is O=C(CCc1ccc(Cl)cc1)NCCCOC1CCCCC1. The summed E-state index contributed by atoms with van der Waals surface area (Å²) in [7, 11) is 0. The molecule has 0 atom stereocenters. The largest absolute Gasteiger partial charge is 0.378 e. The molecule has 1 fully saturated rings. The number of benzene rings is 1. The van der Waals surface area contributed by atoms with Crippen LogP contribution in [0.4, 0.5) is 0 Å². The van der Waals surface area contributed by atoms with Crippen LogP contribution in [-0.2, 0) is 16.0 Å². The number of hydrogen-bond acceptors (Lipinski definition) is 2. The summed E-state index contributed by atoms with van der Waals surface area (Å²) < 4.78 is 5.84. The molecular formula is C18H26ClNO2. The minimum Gasteiger partial charge on any atom is -0.378 e. The predicted molar refractivity (Wildman–Crippen MR) is 90.2 cm³/mol. The highest BCUT2D eigenvalue weighted by Gasteiger charge is 2.13. The van der Waals surface area contributed by atoms with Crippen molar-refractivity contribution in [3.05, 3.63) is 34.9 Å². The minimum atomic E-state index is 0.104. The van der Waals surface area contributed by atoms with E-state index in [1.54, 1.807) is 0 Å². The Labute approximate surface area is 138 Å². The third kappa shape index (κ3) is 6.80. The van der Waals surface area contributed by atoms with Gasteiger partial charge in [0.2, 0.25) is 5.91 Å². The Kier molecular flexibility index (Phi) is 7.75. The first kappa shape index (κ1) is 17.3. The van der Waals surface area contributed by atoms with Crippen LogP contribution in [0.1, 0.15) is 50.5 Å². The van der Waals surface area contributed by atoms with Gasteiger partial charge in [-0.1, -0.05) is 43.0 Å². The van der Waals surface area contributed by atoms with Crippen LogP contribution in [0.2, 0.25) is 5.02 Å². The Morgan fingerprint density at radius 3 is 2.64 bits per heavy atom. The van der Waals surface area contributed by atoms with Gasteiger partial charge >= 0.3 is 0 Å². The Hall–Kier alpha value is -1.06. The van der Waals surface area contributed by atoms with Crippen molar-refractivity contribution in [3.63, 3.8) is 0 Å². The van der Waals surface area contributed by atoms with Gasteiger partial charge in [-0.25, -0.2) is 0 Å². The lowest BCUT2D eigenvalue weighted by atomic mass is 9.98. The first-order chi connectivity index (χ1) is 10.7. The summed E-state index contributed by atoms with van der Waals surface area (Å²) in [6, 6.07) is 7.65. The summed E-state index contributed by atoms with van der Waals surface area (Å²) in [5.41, 5.74) is 1.14. The average Bonchev–Trinajstić information content (AvgIpc) is 2.55. The molecule has 122 valence electrons. The van der Waals surface area contributed by atoms with E-state index >= 15 is 0 Å². The van der Waals surface area contributed by atoms with Crippen molar-refractivity contribution in [1.29, 1.82) is 0 Å². The number of nitrogens with one attached hydrogen (secondary N) is 1. The minimum absolute atomic E-state index is 0.104. The van der Waals surface area contributed by atoms with E-state index in [2.05, 4.69) is 5.32 Å². The number of amides is 1. The van der Waals surface area contributed by atoms with E-state index in [0.29, 0.717) is 19.1 Å². The Bertz CT molecular complexity index is 441. The number of carbonyl (C=O) groups is 1. The van der Waals surface area contributed by atoms with Gasteiger partial charge < -0.3 is 10.1 Å². The molecule has 0 heterocycles. The highest BCUT2D eigenvalue weighted by atomic mass is 35.5. The fraction of sp³-hybridized carbons (Fsp3) is 0.611. The van der Waals surface area contributed by atoms with E-state index in [9.17, 15) is 4.79 Å². The van der Waals surface area contributed by atoms with Gasteiger partial charge in [-0.15, -0.1) is 0 Å². The van der Waals surface area contributed by atoms with E-state index in [-0.39, 0.29) is 5.91 Å². The molecule has 3 nitrogen and oxygen atoms in total. The fourth-order valence-electron chi connectivity index (χ4n) is 2.78. The molecule has 1 saturated carbocycles. The van der Waals surface area contributed by atoms with Gasteiger partial charge in [0, 0.05) is 24.6 Å². The predicted octanol–water partition coefficient (Wildman–Crippen LogP) is 4.13. The van der Waals surface area contributed by atoms with E-state index in [1.807, 2.05) is 24.3 Å². The molecule has 1 N–H and O–H groups in total. The summed E-state index contributed by atoms with van der Waals surface area (Å²) in [5, 5.41) is 3.68. The van der Waals surface area contributed by atoms with Crippen LogP contribution < -0.4 is 5.32 Å². The number of hydrogen-bond donors (Lipinski definition) is 1. The maximum atomic E-state index is 11.8. The molecule has 0 radical (unpaired) electrons. The maximum Gasteiger partial charge on any atom is 0.220 e. The molecule has 1 aromatic rings. The van der Waals surface area contributed by atoms with Gasteiger partial charge in [0.25, 0.3) is 0 Å². The van der Waals surface area contributed by atoms with Crippen molar-refractivity contribution >= 4 is 17.5 Å². The van der Waals surface area contributed by atoms with Crippen LogP contribution in [0.15, 0.2) is 24.3 Å². The number of rotatable bonds is 8. The lowest BCUT2D eigenvalue weighted by Crippen LogP contribution is -2.26. The van der Waals surface area contributed by atoms with Gasteiger partial charge in [0.05, 0.1) is 6.10 Å². The molecule has 1 aromatic carbocycles. The third-order valence-electron chi connectivity index (χ3n) is 4.10. The monoisotopic (exact) mass is 323 g/mol. The first-order valence-corrected chi connectivity index (χ1v) is 8.74. The fourth-order valence-corrected chi connectivity index (χ4v) is 2.91. The average molecular weight is 324 g/mol. The zero-order valence-corrected chi connectivity index (χ0v) is 13.9. The molecule has 1 aliphatic rings.